The third kappa shape index (κ3) is 3.75. The van der Waals surface area contributed by atoms with Crippen LogP contribution in [-0.2, 0) is 22.3 Å². The first-order valence-corrected chi connectivity index (χ1v) is 5.48. The van der Waals surface area contributed by atoms with Crippen molar-refractivity contribution < 1.29 is 22.6 Å². The van der Waals surface area contributed by atoms with E-state index in [1.165, 1.54) is 13.2 Å². The van der Waals surface area contributed by atoms with Crippen LogP contribution in [0.3, 0.4) is 0 Å². The molecule has 0 aliphatic rings. The fourth-order valence-electron chi connectivity index (χ4n) is 0.906. The van der Waals surface area contributed by atoms with Gasteiger partial charge in [-0.3, -0.25) is 0 Å². The number of ether oxygens (including phenoxy) is 2. The summed E-state index contributed by atoms with van der Waals surface area (Å²) < 4.78 is 46.7. The highest BCUT2D eigenvalue weighted by Crippen LogP contribution is 2.40. The van der Waals surface area contributed by atoms with Crippen LogP contribution in [0.1, 0.15) is 9.75 Å². The van der Waals surface area contributed by atoms with Gasteiger partial charge in [0.2, 0.25) is 0 Å². The number of halogens is 4. The average molecular weight is 305 g/mol. The Bertz CT molecular complexity index is 324. The number of methoxy groups -OCH3 is 1. The summed E-state index contributed by atoms with van der Waals surface area (Å²) in [5, 5.41) is 0. The maximum atomic E-state index is 12.4. The Kier molecular flexibility index (Phi) is 4.57. The minimum absolute atomic E-state index is 0.0519. The molecule has 0 atom stereocenters. The first-order valence-electron chi connectivity index (χ1n) is 3.87. The maximum absolute atomic E-state index is 12.4. The SMILES string of the molecule is COCOCc1cc(Br)c(C(F)(F)F)s1. The quantitative estimate of drug-likeness (QED) is 0.624. The van der Waals surface area contributed by atoms with E-state index in [1.807, 2.05) is 0 Å². The summed E-state index contributed by atoms with van der Waals surface area (Å²) in [6.07, 6.45) is -4.32. The Balaban J connectivity index is 2.69. The van der Waals surface area contributed by atoms with Crippen molar-refractivity contribution >= 4 is 27.3 Å². The van der Waals surface area contributed by atoms with Crippen molar-refractivity contribution in [1.82, 2.24) is 0 Å². The van der Waals surface area contributed by atoms with Gasteiger partial charge in [0, 0.05) is 16.5 Å². The van der Waals surface area contributed by atoms with Crippen LogP contribution in [0.25, 0.3) is 0 Å². The zero-order chi connectivity index (χ0) is 11.5. The van der Waals surface area contributed by atoms with Gasteiger partial charge in [0.25, 0.3) is 0 Å². The van der Waals surface area contributed by atoms with Crippen molar-refractivity contribution in [2.24, 2.45) is 0 Å². The fourth-order valence-corrected chi connectivity index (χ4v) is 2.66. The van der Waals surface area contributed by atoms with E-state index in [1.54, 1.807) is 0 Å². The van der Waals surface area contributed by atoms with Crippen molar-refractivity contribution in [3.8, 4) is 0 Å². The first kappa shape index (κ1) is 13.0. The Labute approximate surface area is 97.1 Å². The predicted octanol–water partition coefficient (Wildman–Crippen LogP) is 3.65. The Morgan fingerprint density at radius 1 is 1.47 bits per heavy atom. The van der Waals surface area contributed by atoms with E-state index in [0.717, 1.165) is 0 Å². The molecular formula is C8H8BrF3O2S. The molecule has 1 heterocycles. The van der Waals surface area contributed by atoms with E-state index >= 15 is 0 Å². The van der Waals surface area contributed by atoms with Crippen molar-refractivity contribution in [1.29, 1.82) is 0 Å². The van der Waals surface area contributed by atoms with Crippen LogP contribution in [-0.4, -0.2) is 13.9 Å². The third-order valence-corrected chi connectivity index (χ3v) is 3.48. The van der Waals surface area contributed by atoms with Gasteiger partial charge in [-0.1, -0.05) is 0 Å². The van der Waals surface area contributed by atoms with Gasteiger partial charge in [0.15, 0.2) is 0 Å². The van der Waals surface area contributed by atoms with E-state index in [-0.39, 0.29) is 17.9 Å². The molecule has 0 spiro atoms. The molecule has 0 bridgehead atoms. The Morgan fingerprint density at radius 3 is 2.60 bits per heavy atom. The normalized spacial score (nSPS) is 12.1. The number of alkyl halides is 3. The van der Waals surface area contributed by atoms with Crippen molar-refractivity contribution in [3.63, 3.8) is 0 Å². The smallest absolute Gasteiger partial charge is 0.359 e. The molecule has 0 saturated heterocycles. The van der Waals surface area contributed by atoms with Gasteiger partial charge in [-0.15, -0.1) is 11.3 Å². The van der Waals surface area contributed by atoms with Gasteiger partial charge in [-0.25, -0.2) is 0 Å². The molecule has 2 nitrogen and oxygen atoms in total. The molecule has 0 amide bonds. The average Bonchev–Trinajstić information content (AvgIpc) is 2.47. The van der Waals surface area contributed by atoms with Crippen LogP contribution in [0.4, 0.5) is 13.2 Å². The number of hydrogen-bond donors (Lipinski definition) is 0. The number of rotatable bonds is 4. The number of thiophene rings is 1. The minimum Gasteiger partial charge on any atom is -0.359 e. The minimum atomic E-state index is -4.32. The molecule has 1 aromatic rings. The molecule has 15 heavy (non-hydrogen) atoms. The largest absolute Gasteiger partial charge is 0.426 e. The fraction of sp³-hybridized carbons (Fsp3) is 0.500. The monoisotopic (exact) mass is 304 g/mol. The van der Waals surface area contributed by atoms with Crippen LogP contribution in [0.15, 0.2) is 10.5 Å². The van der Waals surface area contributed by atoms with Crippen molar-refractivity contribution in [2.45, 2.75) is 12.8 Å². The van der Waals surface area contributed by atoms with Crippen LogP contribution >= 0.6 is 27.3 Å². The van der Waals surface area contributed by atoms with Crippen LogP contribution in [0, 0.1) is 0 Å². The predicted molar refractivity (Wildman–Crippen MR) is 53.7 cm³/mol. The molecule has 0 aliphatic heterocycles. The topological polar surface area (TPSA) is 18.5 Å². The van der Waals surface area contributed by atoms with Gasteiger partial charge in [-0.2, -0.15) is 13.2 Å². The summed E-state index contributed by atoms with van der Waals surface area (Å²) >= 11 is 3.53. The maximum Gasteiger partial charge on any atom is 0.426 e. The molecule has 1 aromatic heterocycles. The number of hydrogen-bond acceptors (Lipinski definition) is 3. The molecule has 0 aromatic carbocycles. The third-order valence-electron chi connectivity index (χ3n) is 1.44. The molecule has 1 rings (SSSR count). The van der Waals surface area contributed by atoms with Crippen molar-refractivity contribution in [2.75, 3.05) is 13.9 Å². The Morgan fingerprint density at radius 2 is 2.13 bits per heavy atom. The lowest BCUT2D eigenvalue weighted by Crippen LogP contribution is -2.01. The van der Waals surface area contributed by atoms with Gasteiger partial charge >= 0.3 is 6.18 Å². The summed E-state index contributed by atoms with van der Waals surface area (Å²) in [4.78, 5) is -0.134. The molecular weight excluding hydrogens is 297 g/mol. The summed E-state index contributed by atoms with van der Waals surface area (Å²) in [5.41, 5.74) is 0. The second kappa shape index (κ2) is 5.29. The van der Waals surface area contributed by atoms with Crippen LogP contribution < -0.4 is 0 Å². The van der Waals surface area contributed by atoms with Gasteiger partial charge in [-0.05, 0) is 22.0 Å². The molecule has 0 radical (unpaired) electrons. The standard InChI is InChI=1S/C8H8BrF3O2S/c1-13-4-14-3-5-2-6(9)7(15-5)8(10,11)12/h2H,3-4H2,1H3. The van der Waals surface area contributed by atoms with Crippen LogP contribution in [0.2, 0.25) is 0 Å². The van der Waals surface area contributed by atoms with E-state index in [9.17, 15) is 13.2 Å². The molecule has 86 valence electrons. The molecule has 0 saturated carbocycles. The Hall–Kier alpha value is -0.110. The molecule has 0 aliphatic carbocycles. The van der Waals surface area contributed by atoms with Gasteiger partial charge in [0.1, 0.15) is 11.7 Å². The highest BCUT2D eigenvalue weighted by Gasteiger charge is 2.35. The lowest BCUT2D eigenvalue weighted by molar-refractivity contribution is -0.134. The molecule has 0 unspecified atom stereocenters. The second-order valence-electron chi connectivity index (χ2n) is 2.64. The van der Waals surface area contributed by atoms with E-state index in [0.29, 0.717) is 16.2 Å². The molecule has 7 heteroatoms. The highest BCUT2D eigenvalue weighted by atomic mass is 79.9. The lowest BCUT2D eigenvalue weighted by atomic mass is 10.4. The molecule has 0 fully saturated rings. The second-order valence-corrected chi connectivity index (χ2v) is 4.63. The summed E-state index contributed by atoms with van der Waals surface area (Å²) in [6.45, 7) is 0.185. The van der Waals surface area contributed by atoms with Gasteiger partial charge < -0.3 is 9.47 Å². The summed E-state index contributed by atoms with van der Waals surface area (Å²) in [7, 11) is 1.45. The molecule has 0 N–H and O–H groups in total. The summed E-state index contributed by atoms with van der Waals surface area (Å²) in [5.74, 6) is 0. The van der Waals surface area contributed by atoms with Crippen LogP contribution in [0.5, 0.6) is 0 Å². The highest BCUT2D eigenvalue weighted by molar-refractivity contribution is 9.10. The van der Waals surface area contributed by atoms with Gasteiger partial charge in [0.05, 0.1) is 6.61 Å². The first-order chi connectivity index (χ1) is 6.95. The van der Waals surface area contributed by atoms with E-state index in [2.05, 4.69) is 20.7 Å². The lowest BCUT2D eigenvalue weighted by Gasteiger charge is -2.02. The zero-order valence-electron chi connectivity index (χ0n) is 7.73. The zero-order valence-corrected chi connectivity index (χ0v) is 10.1. The van der Waals surface area contributed by atoms with E-state index in [4.69, 9.17) is 4.74 Å². The van der Waals surface area contributed by atoms with E-state index < -0.39 is 11.1 Å². The summed E-state index contributed by atoms with van der Waals surface area (Å²) in [6, 6.07) is 1.41. The van der Waals surface area contributed by atoms with Crippen molar-refractivity contribution in [3.05, 3.63) is 20.3 Å².